The van der Waals surface area contributed by atoms with Crippen LogP contribution in [0.15, 0.2) is 4.99 Å². The summed E-state index contributed by atoms with van der Waals surface area (Å²) < 4.78 is 0. The minimum Gasteiger partial charge on any atom is -0.357 e. The van der Waals surface area contributed by atoms with Gasteiger partial charge in [-0.2, -0.15) is 0 Å². The van der Waals surface area contributed by atoms with Crippen molar-refractivity contribution >= 4 is 29.9 Å². The fourth-order valence-electron chi connectivity index (χ4n) is 3.79. The lowest BCUT2D eigenvalue weighted by molar-refractivity contribution is 0.143. The number of piperidine rings is 2. The third-order valence-corrected chi connectivity index (χ3v) is 5.30. The Morgan fingerprint density at radius 2 is 1.84 bits per heavy atom. The maximum atomic E-state index is 4.86. The van der Waals surface area contributed by atoms with Gasteiger partial charge in [0.1, 0.15) is 0 Å². The molecule has 6 heteroatoms. The van der Waals surface area contributed by atoms with Crippen molar-refractivity contribution in [1.29, 1.82) is 0 Å². The molecule has 0 saturated carbocycles. The lowest BCUT2D eigenvalue weighted by atomic mass is 9.97. The van der Waals surface area contributed by atoms with Crippen LogP contribution in [0.25, 0.3) is 0 Å². The van der Waals surface area contributed by atoms with Crippen LogP contribution in [-0.4, -0.2) is 74.2 Å². The lowest BCUT2D eigenvalue weighted by Gasteiger charge is -2.34. The van der Waals surface area contributed by atoms with Crippen LogP contribution in [0.4, 0.5) is 0 Å². The zero-order valence-electron chi connectivity index (χ0n) is 16.6. The number of nitrogens with zero attached hydrogens (tertiary/aromatic N) is 3. The summed E-state index contributed by atoms with van der Waals surface area (Å²) in [7, 11) is 0. The average molecular weight is 465 g/mol. The van der Waals surface area contributed by atoms with Crippen molar-refractivity contribution < 1.29 is 0 Å². The van der Waals surface area contributed by atoms with Crippen molar-refractivity contribution in [2.75, 3.05) is 52.4 Å². The number of guanidine groups is 1. The van der Waals surface area contributed by atoms with Gasteiger partial charge >= 0.3 is 0 Å². The van der Waals surface area contributed by atoms with Crippen molar-refractivity contribution in [3.63, 3.8) is 0 Å². The van der Waals surface area contributed by atoms with E-state index in [2.05, 4.69) is 41.2 Å². The van der Waals surface area contributed by atoms with E-state index in [0.29, 0.717) is 12.0 Å². The van der Waals surface area contributed by atoms with E-state index in [4.69, 9.17) is 4.99 Å². The molecule has 0 aliphatic carbocycles. The molecule has 2 N–H and O–H groups in total. The molecule has 0 radical (unpaired) electrons. The molecule has 2 saturated heterocycles. The van der Waals surface area contributed by atoms with Crippen LogP contribution in [0.1, 0.15) is 52.9 Å². The van der Waals surface area contributed by atoms with Crippen molar-refractivity contribution in [2.45, 2.75) is 58.9 Å². The first-order valence-electron chi connectivity index (χ1n) is 10.2. The topological polar surface area (TPSA) is 42.9 Å². The van der Waals surface area contributed by atoms with Crippen molar-refractivity contribution in [3.8, 4) is 0 Å². The SMILES string of the molecule is CCNC(=NCC1CCCN(C(C)C)C1)NCCN1CCCCC1.I. The van der Waals surface area contributed by atoms with E-state index in [1.54, 1.807) is 0 Å². The number of hydrogen-bond acceptors (Lipinski definition) is 3. The average Bonchev–Trinajstić information content (AvgIpc) is 2.61. The molecule has 0 aromatic heterocycles. The highest BCUT2D eigenvalue weighted by Crippen LogP contribution is 2.18. The Bertz CT molecular complexity index is 369. The van der Waals surface area contributed by atoms with Gasteiger partial charge < -0.3 is 20.4 Å². The van der Waals surface area contributed by atoms with E-state index in [9.17, 15) is 0 Å². The highest BCUT2D eigenvalue weighted by Gasteiger charge is 2.21. The highest BCUT2D eigenvalue weighted by atomic mass is 127. The molecule has 2 aliphatic rings. The second-order valence-electron chi connectivity index (χ2n) is 7.65. The summed E-state index contributed by atoms with van der Waals surface area (Å²) in [6, 6.07) is 0.660. The molecular weight excluding hydrogens is 425 g/mol. The maximum absolute atomic E-state index is 4.86. The largest absolute Gasteiger partial charge is 0.357 e. The second-order valence-corrected chi connectivity index (χ2v) is 7.65. The molecule has 0 aromatic rings. The predicted octanol–water partition coefficient (Wildman–Crippen LogP) is 2.77. The summed E-state index contributed by atoms with van der Waals surface area (Å²) in [5.74, 6) is 1.70. The summed E-state index contributed by atoms with van der Waals surface area (Å²) in [6.45, 7) is 15.7. The number of halogens is 1. The zero-order valence-corrected chi connectivity index (χ0v) is 18.9. The van der Waals surface area contributed by atoms with E-state index in [1.165, 1.54) is 58.3 Å². The van der Waals surface area contributed by atoms with Gasteiger partial charge in [-0.1, -0.05) is 6.42 Å². The standard InChI is InChI=1S/C19H39N5.HI/c1-4-20-19(21-10-14-23-11-6-5-7-12-23)22-15-18-9-8-13-24(16-18)17(2)3;/h17-18H,4-16H2,1-3H3,(H2,20,21,22);1H. The fourth-order valence-corrected chi connectivity index (χ4v) is 3.79. The summed E-state index contributed by atoms with van der Waals surface area (Å²) in [6.07, 6.45) is 6.77. The highest BCUT2D eigenvalue weighted by molar-refractivity contribution is 14.0. The second kappa shape index (κ2) is 13.1. The molecule has 0 aromatic carbocycles. The number of aliphatic imine (C=N–C) groups is 1. The molecule has 0 bridgehead atoms. The Kier molecular flexibility index (Phi) is 12.1. The first kappa shape index (κ1) is 23.0. The van der Waals surface area contributed by atoms with Gasteiger partial charge in [0.05, 0.1) is 0 Å². The van der Waals surface area contributed by atoms with Gasteiger partial charge in [-0.05, 0) is 72.0 Å². The first-order chi connectivity index (χ1) is 11.7. The lowest BCUT2D eigenvalue weighted by Crippen LogP contribution is -2.44. The summed E-state index contributed by atoms with van der Waals surface area (Å²) in [5, 5.41) is 6.93. The molecule has 1 unspecified atom stereocenters. The smallest absolute Gasteiger partial charge is 0.191 e. The fraction of sp³-hybridized carbons (Fsp3) is 0.947. The molecule has 2 heterocycles. The summed E-state index contributed by atoms with van der Waals surface area (Å²) >= 11 is 0. The molecule has 2 aliphatic heterocycles. The van der Waals surface area contributed by atoms with Gasteiger partial charge in [0.25, 0.3) is 0 Å². The van der Waals surface area contributed by atoms with Crippen molar-refractivity contribution in [1.82, 2.24) is 20.4 Å². The van der Waals surface area contributed by atoms with Crippen LogP contribution in [0.2, 0.25) is 0 Å². The quantitative estimate of drug-likeness (QED) is 0.345. The third-order valence-electron chi connectivity index (χ3n) is 5.30. The summed E-state index contributed by atoms with van der Waals surface area (Å²) in [4.78, 5) is 10.0. The molecule has 0 spiro atoms. The van der Waals surface area contributed by atoms with Gasteiger partial charge in [-0.15, -0.1) is 24.0 Å². The minimum absolute atomic E-state index is 0. The molecular formula is C19H40IN5. The number of nitrogens with one attached hydrogen (secondary N) is 2. The van der Waals surface area contributed by atoms with E-state index in [-0.39, 0.29) is 24.0 Å². The predicted molar refractivity (Wildman–Crippen MR) is 119 cm³/mol. The maximum Gasteiger partial charge on any atom is 0.191 e. The van der Waals surface area contributed by atoms with Gasteiger partial charge in [-0.25, -0.2) is 0 Å². The molecule has 148 valence electrons. The Labute approximate surface area is 172 Å². The Hall–Kier alpha value is -0.0800. The number of hydrogen-bond donors (Lipinski definition) is 2. The Morgan fingerprint density at radius 1 is 1.08 bits per heavy atom. The van der Waals surface area contributed by atoms with Crippen LogP contribution in [0, 0.1) is 5.92 Å². The molecule has 25 heavy (non-hydrogen) atoms. The van der Waals surface area contributed by atoms with E-state index >= 15 is 0 Å². The monoisotopic (exact) mass is 465 g/mol. The minimum atomic E-state index is 0. The van der Waals surface area contributed by atoms with Crippen LogP contribution in [0.5, 0.6) is 0 Å². The van der Waals surface area contributed by atoms with Crippen LogP contribution in [0.3, 0.4) is 0 Å². The van der Waals surface area contributed by atoms with E-state index < -0.39 is 0 Å². The number of likely N-dealkylation sites (tertiary alicyclic amines) is 2. The number of rotatable bonds is 7. The normalized spacial score (nSPS) is 23.4. The van der Waals surface area contributed by atoms with E-state index in [0.717, 1.165) is 32.1 Å². The Morgan fingerprint density at radius 3 is 2.52 bits per heavy atom. The molecule has 1 atom stereocenters. The van der Waals surface area contributed by atoms with Crippen molar-refractivity contribution in [3.05, 3.63) is 0 Å². The molecule has 5 nitrogen and oxygen atoms in total. The van der Waals surface area contributed by atoms with Gasteiger partial charge in [0, 0.05) is 38.8 Å². The van der Waals surface area contributed by atoms with E-state index in [1.807, 2.05) is 0 Å². The zero-order chi connectivity index (χ0) is 17.2. The van der Waals surface area contributed by atoms with Crippen LogP contribution in [-0.2, 0) is 0 Å². The first-order valence-corrected chi connectivity index (χ1v) is 10.2. The van der Waals surface area contributed by atoms with Crippen molar-refractivity contribution in [2.24, 2.45) is 10.9 Å². The summed E-state index contributed by atoms with van der Waals surface area (Å²) in [5.41, 5.74) is 0. The molecule has 2 rings (SSSR count). The molecule has 0 amide bonds. The third kappa shape index (κ3) is 8.91. The van der Waals surface area contributed by atoms with Gasteiger partial charge in [0.15, 0.2) is 5.96 Å². The van der Waals surface area contributed by atoms with Crippen LogP contribution < -0.4 is 10.6 Å². The van der Waals surface area contributed by atoms with Gasteiger partial charge in [-0.3, -0.25) is 4.99 Å². The van der Waals surface area contributed by atoms with Gasteiger partial charge in [0.2, 0.25) is 0 Å². The van der Waals surface area contributed by atoms with Crippen LogP contribution >= 0.6 is 24.0 Å². The molecule has 2 fully saturated rings. The Balaban J connectivity index is 0.00000312.